The predicted molar refractivity (Wildman–Crippen MR) is 70.9 cm³/mol. The first kappa shape index (κ1) is 13.5. The fourth-order valence-corrected chi connectivity index (χ4v) is 2.39. The van der Waals surface area contributed by atoms with Gasteiger partial charge in [-0.3, -0.25) is 0 Å². The molecule has 0 amide bonds. The van der Waals surface area contributed by atoms with Gasteiger partial charge in [0.2, 0.25) is 0 Å². The molecular formula is C15H22FNO. The van der Waals surface area contributed by atoms with Gasteiger partial charge in [-0.15, -0.1) is 0 Å². The molecule has 1 aromatic rings. The molecule has 1 atom stereocenters. The number of hydrogen-bond acceptors (Lipinski definition) is 2. The van der Waals surface area contributed by atoms with Crippen molar-refractivity contribution in [3.05, 3.63) is 35.6 Å². The van der Waals surface area contributed by atoms with E-state index in [1.54, 1.807) is 6.07 Å². The fourth-order valence-electron chi connectivity index (χ4n) is 2.39. The number of nitrogens with one attached hydrogen (secondary N) is 1. The highest BCUT2D eigenvalue weighted by atomic mass is 19.1. The Kier molecular flexibility index (Phi) is 4.36. The molecule has 1 aromatic carbocycles. The third-order valence-electron chi connectivity index (χ3n) is 3.91. The van der Waals surface area contributed by atoms with Crippen molar-refractivity contribution >= 4 is 0 Å². The molecule has 0 bridgehead atoms. The third kappa shape index (κ3) is 3.53. The summed E-state index contributed by atoms with van der Waals surface area (Å²) in [6.45, 7) is 3.29. The van der Waals surface area contributed by atoms with E-state index in [4.69, 9.17) is 5.11 Å². The Morgan fingerprint density at radius 3 is 2.72 bits per heavy atom. The van der Waals surface area contributed by atoms with Crippen LogP contribution >= 0.6 is 0 Å². The van der Waals surface area contributed by atoms with E-state index in [0.29, 0.717) is 11.8 Å². The quantitative estimate of drug-likeness (QED) is 0.780. The van der Waals surface area contributed by atoms with Gasteiger partial charge in [0.25, 0.3) is 0 Å². The molecule has 0 radical (unpaired) electrons. The van der Waals surface area contributed by atoms with E-state index >= 15 is 0 Å². The van der Waals surface area contributed by atoms with Crippen molar-refractivity contribution in [2.45, 2.75) is 38.6 Å². The minimum atomic E-state index is -0.123. The second kappa shape index (κ2) is 5.81. The van der Waals surface area contributed by atoms with Crippen LogP contribution in [0.4, 0.5) is 4.39 Å². The molecule has 1 unspecified atom stereocenters. The maximum Gasteiger partial charge on any atom is 0.126 e. The molecule has 1 aliphatic carbocycles. The maximum absolute atomic E-state index is 13.5. The molecule has 1 fully saturated rings. The topological polar surface area (TPSA) is 32.3 Å². The number of aliphatic hydroxyl groups is 1. The van der Waals surface area contributed by atoms with E-state index in [0.717, 1.165) is 18.5 Å². The summed E-state index contributed by atoms with van der Waals surface area (Å²) in [6, 6.07) is 7.21. The van der Waals surface area contributed by atoms with E-state index in [-0.39, 0.29) is 18.5 Å². The van der Waals surface area contributed by atoms with E-state index in [1.165, 1.54) is 18.9 Å². The Hall–Kier alpha value is -0.930. The first-order valence-corrected chi connectivity index (χ1v) is 6.73. The zero-order valence-corrected chi connectivity index (χ0v) is 11.0. The van der Waals surface area contributed by atoms with E-state index in [2.05, 4.69) is 12.2 Å². The van der Waals surface area contributed by atoms with Crippen molar-refractivity contribution in [3.63, 3.8) is 0 Å². The van der Waals surface area contributed by atoms with Gasteiger partial charge in [-0.1, -0.05) is 18.2 Å². The average molecular weight is 251 g/mol. The molecule has 0 aromatic heterocycles. The predicted octanol–water partition coefficient (Wildman–Crippen LogP) is 2.51. The highest BCUT2D eigenvalue weighted by Gasteiger charge is 2.41. The lowest BCUT2D eigenvalue weighted by Crippen LogP contribution is -2.34. The second-order valence-corrected chi connectivity index (χ2v) is 5.55. The molecule has 2 N–H and O–H groups in total. The van der Waals surface area contributed by atoms with Crippen molar-refractivity contribution in [2.24, 2.45) is 5.41 Å². The standard InChI is InChI=1S/C15H22FNO/c1-12(10-13-4-2-3-5-14(13)16)17-11-15(6-7-15)8-9-18/h2-5,12,17-18H,6-11H2,1H3. The molecule has 2 rings (SSSR count). The summed E-state index contributed by atoms with van der Waals surface area (Å²) in [5.74, 6) is -0.123. The molecule has 1 aliphatic rings. The molecule has 0 spiro atoms. The van der Waals surface area contributed by atoms with Crippen molar-refractivity contribution in [2.75, 3.05) is 13.2 Å². The Morgan fingerprint density at radius 1 is 1.39 bits per heavy atom. The molecule has 100 valence electrons. The molecular weight excluding hydrogens is 229 g/mol. The largest absolute Gasteiger partial charge is 0.396 e. The van der Waals surface area contributed by atoms with Gasteiger partial charge in [-0.25, -0.2) is 4.39 Å². The van der Waals surface area contributed by atoms with Gasteiger partial charge in [0.05, 0.1) is 0 Å². The van der Waals surface area contributed by atoms with Crippen molar-refractivity contribution in [1.29, 1.82) is 0 Å². The smallest absolute Gasteiger partial charge is 0.126 e. The lowest BCUT2D eigenvalue weighted by molar-refractivity contribution is 0.242. The zero-order valence-electron chi connectivity index (χ0n) is 11.0. The van der Waals surface area contributed by atoms with Gasteiger partial charge in [-0.2, -0.15) is 0 Å². The minimum Gasteiger partial charge on any atom is -0.396 e. The minimum absolute atomic E-state index is 0.123. The number of halogens is 1. The number of aliphatic hydroxyl groups excluding tert-OH is 1. The van der Waals surface area contributed by atoms with E-state index in [9.17, 15) is 4.39 Å². The summed E-state index contributed by atoms with van der Waals surface area (Å²) in [7, 11) is 0. The van der Waals surface area contributed by atoms with Crippen LogP contribution in [0.5, 0.6) is 0 Å². The Bertz CT molecular complexity index is 390. The molecule has 2 nitrogen and oxygen atoms in total. The van der Waals surface area contributed by atoms with Crippen molar-refractivity contribution in [3.8, 4) is 0 Å². The van der Waals surface area contributed by atoms with Crippen molar-refractivity contribution in [1.82, 2.24) is 5.32 Å². The number of benzene rings is 1. The van der Waals surface area contributed by atoms with Gasteiger partial charge in [0.15, 0.2) is 0 Å². The lowest BCUT2D eigenvalue weighted by atomic mass is 10.0. The van der Waals surface area contributed by atoms with Crippen LogP contribution in [0, 0.1) is 11.2 Å². The Labute approximate surface area is 108 Å². The van der Waals surface area contributed by atoms with Crippen LogP contribution in [0.15, 0.2) is 24.3 Å². The monoisotopic (exact) mass is 251 g/mol. The van der Waals surface area contributed by atoms with Crippen LogP contribution in [0.1, 0.15) is 31.7 Å². The van der Waals surface area contributed by atoms with Crippen LogP contribution in [-0.2, 0) is 6.42 Å². The number of rotatable bonds is 7. The molecule has 0 saturated heterocycles. The maximum atomic E-state index is 13.5. The second-order valence-electron chi connectivity index (χ2n) is 5.55. The van der Waals surface area contributed by atoms with E-state index in [1.807, 2.05) is 12.1 Å². The van der Waals surface area contributed by atoms with Crippen LogP contribution in [-0.4, -0.2) is 24.3 Å². The van der Waals surface area contributed by atoms with Gasteiger partial charge in [0, 0.05) is 19.2 Å². The van der Waals surface area contributed by atoms with Crippen molar-refractivity contribution < 1.29 is 9.50 Å². The fraction of sp³-hybridized carbons (Fsp3) is 0.600. The first-order chi connectivity index (χ1) is 8.65. The lowest BCUT2D eigenvalue weighted by Gasteiger charge is -2.19. The first-order valence-electron chi connectivity index (χ1n) is 6.73. The molecule has 1 saturated carbocycles. The summed E-state index contributed by atoms with van der Waals surface area (Å²) in [5, 5.41) is 12.5. The average Bonchev–Trinajstić information content (AvgIpc) is 3.11. The number of hydrogen-bond donors (Lipinski definition) is 2. The van der Waals surface area contributed by atoms with Crippen LogP contribution < -0.4 is 5.32 Å². The molecule has 0 heterocycles. The van der Waals surface area contributed by atoms with Gasteiger partial charge in [-0.05, 0) is 49.7 Å². The molecule has 18 heavy (non-hydrogen) atoms. The summed E-state index contributed by atoms with van der Waals surface area (Å²) in [5.41, 5.74) is 1.09. The SMILES string of the molecule is CC(Cc1ccccc1F)NCC1(CCO)CC1. The summed E-state index contributed by atoms with van der Waals surface area (Å²) in [4.78, 5) is 0. The summed E-state index contributed by atoms with van der Waals surface area (Å²) < 4.78 is 13.5. The van der Waals surface area contributed by atoms with Gasteiger partial charge < -0.3 is 10.4 Å². The van der Waals surface area contributed by atoms with Crippen LogP contribution in [0.25, 0.3) is 0 Å². The van der Waals surface area contributed by atoms with Gasteiger partial charge >= 0.3 is 0 Å². The van der Waals surface area contributed by atoms with E-state index < -0.39 is 0 Å². The molecule has 0 aliphatic heterocycles. The highest BCUT2D eigenvalue weighted by molar-refractivity contribution is 5.18. The van der Waals surface area contributed by atoms with Crippen LogP contribution in [0.2, 0.25) is 0 Å². The highest BCUT2D eigenvalue weighted by Crippen LogP contribution is 2.47. The van der Waals surface area contributed by atoms with Crippen LogP contribution in [0.3, 0.4) is 0 Å². The Balaban J connectivity index is 1.79. The summed E-state index contributed by atoms with van der Waals surface area (Å²) in [6.07, 6.45) is 3.99. The third-order valence-corrected chi connectivity index (χ3v) is 3.91. The summed E-state index contributed by atoms with van der Waals surface area (Å²) >= 11 is 0. The molecule has 3 heteroatoms. The van der Waals surface area contributed by atoms with Gasteiger partial charge in [0.1, 0.15) is 5.82 Å². The normalized spacial score (nSPS) is 18.6. The Morgan fingerprint density at radius 2 is 2.11 bits per heavy atom. The zero-order chi connectivity index (χ0) is 13.0.